The summed E-state index contributed by atoms with van der Waals surface area (Å²) in [6.07, 6.45) is 3.55. The highest BCUT2D eigenvalue weighted by atomic mass is 32.2. The van der Waals surface area contributed by atoms with Crippen LogP contribution in [0.15, 0.2) is 53.7 Å². The molecule has 0 amide bonds. The number of aromatic amines is 1. The molecule has 136 valence electrons. The predicted molar refractivity (Wildman–Crippen MR) is 94.4 cm³/mol. The third-order valence-corrected chi connectivity index (χ3v) is 6.90. The second kappa shape index (κ2) is 6.15. The molecule has 0 aliphatic carbocycles. The first kappa shape index (κ1) is 17.1. The molecular formula is C18H18FN3O3S. The lowest BCUT2D eigenvalue weighted by molar-refractivity contribution is -0.00964. The van der Waals surface area contributed by atoms with E-state index in [-0.39, 0.29) is 36.6 Å². The summed E-state index contributed by atoms with van der Waals surface area (Å²) < 4.78 is 40.5. The third kappa shape index (κ3) is 2.80. The number of H-pyrrole nitrogens is 1. The van der Waals surface area contributed by atoms with Crippen molar-refractivity contribution >= 4 is 21.1 Å². The van der Waals surface area contributed by atoms with Gasteiger partial charge >= 0.3 is 0 Å². The average Bonchev–Trinajstić information content (AvgIpc) is 3.07. The number of nitrogens with zero attached hydrogens (tertiary/aromatic N) is 2. The van der Waals surface area contributed by atoms with E-state index in [1.807, 2.05) is 0 Å². The molecule has 2 aromatic heterocycles. The number of benzene rings is 1. The molecule has 6 nitrogen and oxygen atoms in total. The highest BCUT2D eigenvalue weighted by Gasteiger charge is 2.38. The maximum absolute atomic E-state index is 13.1. The lowest BCUT2D eigenvalue weighted by Crippen LogP contribution is -2.45. The lowest BCUT2D eigenvalue weighted by atomic mass is 9.85. The summed E-state index contributed by atoms with van der Waals surface area (Å²) in [4.78, 5) is 7.19. The molecule has 4 rings (SSSR count). The number of aliphatic hydroxyl groups is 1. The third-order valence-electron chi connectivity index (χ3n) is 4.96. The fourth-order valence-electron chi connectivity index (χ4n) is 3.43. The van der Waals surface area contributed by atoms with Crippen LogP contribution in [0.5, 0.6) is 0 Å². The number of pyridine rings is 1. The van der Waals surface area contributed by atoms with Crippen molar-refractivity contribution in [2.45, 2.75) is 23.3 Å². The molecule has 0 saturated carbocycles. The van der Waals surface area contributed by atoms with Crippen LogP contribution in [0.3, 0.4) is 0 Å². The minimum atomic E-state index is -3.69. The number of aromatic nitrogens is 2. The van der Waals surface area contributed by atoms with E-state index in [2.05, 4.69) is 9.97 Å². The van der Waals surface area contributed by atoms with Gasteiger partial charge in [-0.25, -0.2) is 17.8 Å². The van der Waals surface area contributed by atoms with Gasteiger partial charge in [0.2, 0.25) is 10.0 Å². The topological polar surface area (TPSA) is 86.3 Å². The van der Waals surface area contributed by atoms with E-state index in [1.54, 1.807) is 30.5 Å². The van der Waals surface area contributed by atoms with Crippen molar-refractivity contribution in [1.82, 2.24) is 14.3 Å². The summed E-state index contributed by atoms with van der Waals surface area (Å²) in [6.45, 7) is 0.367. The van der Waals surface area contributed by atoms with Gasteiger partial charge in [0.1, 0.15) is 16.4 Å². The first-order chi connectivity index (χ1) is 12.4. The van der Waals surface area contributed by atoms with Crippen LogP contribution in [0.2, 0.25) is 0 Å². The van der Waals surface area contributed by atoms with E-state index in [9.17, 15) is 17.9 Å². The van der Waals surface area contributed by atoms with Crippen molar-refractivity contribution in [3.8, 4) is 0 Å². The summed E-state index contributed by atoms with van der Waals surface area (Å²) >= 11 is 0. The van der Waals surface area contributed by atoms with Gasteiger partial charge < -0.3 is 10.1 Å². The fourth-order valence-corrected chi connectivity index (χ4v) is 5.02. The highest BCUT2D eigenvalue weighted by molar-refractivity contribution is 7.89. The Morgan fingerprint density at radius 2 is 1.85 bits per heavy atom. The molecule has 1 fully saturated rings. The first-order valence-electron chi connectivity index (χ1n) is 8.31. The van der Waals surface area contributed by atoms with Gasteiger partial charge in [0, 0.05) is 30.9 Å². The second-order valence-electron chi connectivity index (χ2n) is 6.50. The van der Waals surface area contributed by atoms with E-state index in [0.717, 1.165) is 0 Å². The van der Waals surface area contributed by atoms with E-state index in [0.29, 0.717) is 16.6 Å². The van der Waals surface area contributed by atoms with E-state index in [1.165, 1.54) is 22.6 Å². The summed E-state index contributed by atoms with van der Waals surface area (Å²) in [5.74, 6) is -0.370. The van der Waals surface area contributed by atoms with Crippen LogP contribution in [0.25, 0.3) is 11.0 Å². The van der Waals surface area contributed by atoms with Crippen molar-refractivity contribution in [3.05, 3.63) is 60.2 Å². The van der Waals surface area contributed by atoms with Gasteiger partial charge in [0.25, 0.3) is 0 Å². The summed E-state index contributed by atoms with van der Waals surface area (Å²) in [5, 5.41) is 11.4. The standard InChI is InChI=1S/C18H18FN3O3S/c19-14-5-3-13(4-6-14)18(23)7-10-22(11-8-18)26(24,25)16-12-21-17-15(16)2-1-9-20-17/h1-6,9,12,23H,7-8,10-11H2,(H,20,21). The number of fused-ring (bicyclic) bond motifs is 1. The average molecular weight is 375 g/mol. The Morgan fingerprint density at radius 1 is 1.15 bits per heavy atom. The number of nitrogens with one attached hydrogen (secondary N) is 1. The van der Waals surface area contributed by atoms with Crippen LogP contribution in [0.4, 0.5) is 4.39 Å². The van der Waals surface area contributed by atoms with Crippen LogP contribution in [-0.2, 0) is 15.6 Å². The Labute approximate surface area is 150 Å². The normalized spacial score (nSPS) is 18.2. The molecule has 0 unspecified atom stereocenters. The van der Waals surface area contributed by atoms with Crippen LogP contribution >= 0.6 is 0 Å². The quantitative estimate of drug-likeness (QED) is 0.736. The highest BCUT2D eigenvalue weighted by Crippen LogP contribution is 2.35. The van der Waals surface area contributed by atoms with Crippen molar-refractivity contribution in [3.63, 3.8) is 0 Å². The number of hydrogen-bond acceptors (Lipinski definition) is 4. The fraction of sp³-hybridized carbons (Fsp3) is 0.278. The molecule has 0 atom stereocenters. The summed E-state index contributed by atoms with van der Waals surface area (Å²) in [7, 11) is -3.69. The first-order valence-corrected chi connectivity index (χ1v) is 9.75. The van der Waals surface area contributed by atoms with E-state index < -0.39 is 15.6 Å². The summed E-state index contributed by atoms with van der Waals surface area (Å²) in [5.41, 5.74) is -0.0280. The largest absolute Gasteiger partial charge is 0.385 e. The molecular weight excluding hydrogens is 357 g/mol. The van der Waals surface area contributed by atoms with E-state index >= 15 is 0 Å². The number of hydrogen-bond donors (Lipinski definition) is 2. The minimum Gasteiger partial charge on any atom is -0.385 e. The molecule has 1 aromatic carbocycles. The Balaban J connectivity index is 1.58. The number of sulfonamides is 1. The molecule has 1 saturated heterocycles. The molecule has 0 spiro atoms. The number of piperidine rings is 1. The number of halogens is 1. The van der Waals surface area contributed by atoms with Gasteiger partial charge in [0.15, 0.2) is 0 Å². The molecule has 1 aliphatic heterocycles. The maximum Gasteiger partial charge on any atom is 0.245 e. The SMILES string of the molecule is O=S(=O)(c1c[nH]c2ncccc12)N1CCC(O)(c2ccc(F)cc2)CC1. The second-order valence-corrected chi connectivity index (χ2v) is 8.40. The van der Waals surface area contributed by atoms with E-state index in [4.69, 9.17) is 0 Å². The molecule has 2 N–H and O–H groups in total. The van der Waals surface area contributed by atoms with Gasteiger partial charge in [-0.15, -0.1) is 0 Å². The monoisotopic (exact) mass is 375 g/mol. The minimum absolute atomic E-state index is 0.184. The molecule has 26 heavy (non-hydrogen) atoms. The molecule has 8 heteroatoms. The van der Waals surface area contributed by atoms with Crippen LogP contribution in [-0.4, -0.2) is 40.9 Å². The zero-order chi connectivity index (χ0) is 18.4. The van der Waals surface area contributed by atoms with Crippen molar-refractivity contribution in [2.75, 3.05) is 13.1 Å². The Kier molecular flexibility index (Phi) is 4.06. The van der Waals surface area contributed by atoms with Crippen LogP contribution in [0, 0.1) is 5.82 Å². The molecule has 1 aliphatic rings. The van der Waals surface area contributed by atoms with Gasteiger partial charge in [-0.05, 0) is 42.7 Å². The number of rotatable bonds is 3. The zero-order valence-electron chi connectivity index (χ0n) is 13.9. The van der Waals surface area contributed by atoms with Crippen molar-refractivity contribution in [1.29, 1.82) is 0 Å². The predicted octanol–water partition coefficient (Wildman–Crippen LogP) is 2.37. The van der Waals surface area contributed by atoms with Crippen LogP contribution in [0.1, 0.15) is 18.4 Å². The molecule has 3 aromatic rings. The van der Waals surface area contributed by atoms with Gasteiger partial charge in [0.05, 0.1) is 5.60 Å². The molecule has 0 radical (unpaired) electrons. The molecule has 3 heterocycles. The van der Waals surface area contributed by atoms with Crippen molar-refractivity contribution < 1.29 is 17.9 Å². The van der Waals surface area contributed by atoms with Gasteiger partial charge in [-0.1, -0.05) is 12.1 Å². The Bertz CT molecular complexity index is 1040. The Morgan fingerprint density at radius 3 is 2.54 bits per heavy atom. The van der Waals surface area contributed by atoms with Gasteiger partial charge in [-0.2, -0.15) is 4.31 Å². The van der Waals surface area contributed by atoms with Gasteiger partial charge in [-0.3, -0.25) is 0 Å². The lowest BCUT2D eigenvalue weighted by Gasteiger charge is -2.37. The Hall–Kier alpha value is -2.29. The summed E-state index contributed by atoms with van der Waals surface area (Å²) in [6, 6.07) is 9.10. The smallest absolute Gasteiger partial charge is 0.245 e. The van der Waals surface area contributed by atoms with Crippen molar-refractivity contribution in [2.24, 2.45) is 0 Å². The zero-order valence-corrected chi connectivity index (χ0v) is 14.7. The molecule has 0 bridgehead atoms. The van der Waals surface area contributed by atoms with Crippen LogP contribution < -0.4 is 0 Å². The maximum atomic E-state index is 13.1.